The van der Waals surface area contributed by atoms with E-state index in [2.05, 4.69) is 16.0 Å². The number of nitrogens with zero attached hydrogens (tertiary/aromatic N) is 1. The van der Waals surface area contributed by atoms with E-state index in [0.29, 0.717) is 50.0 Å². The zero-order valence-electron chi connectivity index (χ0n) is 24.7. The molecular formula is C33H38F2N4O5S. The summed E-state index contributed by atoms with van der Waals surface area (Å²) in [6.07, 6.45) is 2.27. The maximum absolute atomic E-state index is 13.9. The van der Waals surface area contributed by atoms with Crippen LogP contribution in [0.3, 0.4) is 0 Å². The molecule has 45 heavy (non-hydrogen) atoms. The van der Waals surface area contributed by atoms with Crippen LogP contribution in [0.5, 0.6) is 0 Å². The van der Waals surface area contributed by atoms with Gasteiger partial charge in [0.15, 0.2) is 0 Å². The van der Waals surface area contributed by atoms with Crippen LogP contribution in [0.25, 0.3) is 0 Å². The van der Waals surface area contributed by atoms with Crippen LogP contribution in [-0.4, -0.2) is 67.6 Å². The highest BCUT2D eigenvalue weighted by atomic mass is 32.2. The molecule has 0 radical (unpaired) electrons. The first-order chi connectivity index (χ1) is 21.6. The van der Waals surface area contributed by atoms with Crippen LogP contribution >= 0.6 is 0 Å². The molecule has 1 aliphatic carbocycles. The van der Waals surface area contributed by atoms with Crippen molar-refractivity contribution in [2.75, 3.05) is 19.6 Å². The molecule has 2 fully saturated rings. The van der Waals surface area contributed by atoms with Crippen LogP contribution < -0.4 is 16.0 Å². The van der Waals surface area contributed by atoms with Gasteiger partial charge in [-0.15, -0.1) is 0 Å². The molecule has 1 saturated carbocycles. The Balaban J connectivity index is 1.32. The number of nitrogens with one attached hydrogen (secondary N) is 3. The molecule has 2 unspecified atom stereocenters. The van der Waals surface area contributed by atoms with Crippen molar-refractivity contribution in [3.05, 3.63) is 102 Å². The average Bonchev–Trinajstić information content (AvgIpc) is 3.48. The van der Waals surface area contributed by atoms with Crippen molar-refractivity contribution in [2.24, 2.45) is 5.92 Å². The molecular weight excluding hydrogens is 602 g/mol. The maximum atomic E-state index is 13.9. The SMILES string of the molecule is O=C(O)NC(C(=O)N[C@@H]1CCC[C@H]1CCC1CNCCN1S(=O)(=O)c1ccccc1)C(c1ccc(F)cc1)c1ccc(F)cc1. The van der Waals surface area contributed by atoms with E-state index in [1.807, 2.05) is 0 Å². The maximum Gasteiger partial charge on any atom is 0.405 e. The van der Waals surface area contributed by atoms with Crippen molar-refractivity contribution < 1.29 is 31.9 Å². The Labute approximate surface area is 262 Å². The molecule has 12 heteroatoms. The highest BCUT2D eigenvalue weighted by Crippen LogP contribution is 2.33. The monoisotopic (exact) mass is 640 g/mol. The number of amides is 2. The van der Waals surface area contributed by atoms with E-state index in [0.717, 1.165) is 12.8 Å². The van der Waals surface area contributed by atoms with Gasteiger partial charge in [-0.3, -0.25) is 4.79 Å². The van der Waals surface area contributed by atoms with Gasteiger partial charge >= 0.3 is 6.09 Å². The highest BCUT2D eigenvalue weighted by Gasteiger charge is 2.38. The quantitative estimate of drug-likeness (QED) is 0.245. The average molecular weight is 641 g/mol. The third-order valence-electron chi connectivity index (χ3n) is 8.86. The van der Waals surface area contributed by atoms with Crippen LogP contribution in [-0.2, 0) is 14.8 Å². The van der Waals surface area contributed by atoms with E-state index in [4.69, 9.17) is 0 Å². The van der Waals surface area contributed by atoms with E-state index in [1.165, 1.54) is 48.5 Å². The first-order valence-electron chi connectivity index (χ1n) is 15.2. The molecule has 2 aliphatic rings. The van der Waals surface area contributed by atoms with Crippen molar-refractivity contribution in [1.82, 2.24) is 20.3 Å². The number of halogens is 2. The molecule has 1 aliphatic heterocycles. The molecule has 1 heterocycles. The van der Waals surface area contributed by atoms with Crippen molar-refractivity contribution in [3.63, 3.8) is 0 Å². The summed E-state index contributed by atoms with van der Waals surface area (Å²) in [5.41, 5.74) is 0.980. The fourth-order valence-electron chi connectivity index (χ4n) is 6.63. The zero-order valence-corrected chi connectivity index (χ0v) is 25.6. The van der Waals surface area contributed by atoms with Crippen LogP contribution in [0.4, 0.5) is 13.6 Å². The van der Waals surface area contributed by atoms with Crippen molar-refractivity contribution in [3.8, 4) is 0 Å². The van der Waals surface area contributed by atoms with Gasteiger partial charge in [0.25, 0.3) is 0 Å². The van der Waals surface area contributed by atoms with Gasteiger partial charge in [0.1, 0.15) is 17.7 Å². The number of hydrogen-bond acceptors (Lipinski definition) is 5. The Morgan fingerprint density at radius 1 is 0.911 bits per heavy atom. The van der Waals surface area contributed by atoms with E-state index in [1.54, 1.807) is 34.6 Å². The molecule has 1 saturated heterocycles. The number of benzene rings is 3. The number of hydrogen-bond donors (Lipinski definition) is 4. The Morgan fingerprint density at radius 3 is 2.13 bits per heavy atom. The number of carbonyl (C=O) groups excluding carboxylic acids is 1. The topological polar surface area (TPSA) is 128 Å². The normalized spacial score (nSPS) is 21.4. The summed E-state index contributed by atoms with van der Waals surface area (Å²) in [6, 6.07) is 17.5. The van der Waals surface area contributed by atoms with Crippen LogP contribution in [0.15, 0.2) is 83.8 Å². The van der Waals surface area contributed by atoms with Crippen molar-refractivity contribution in [2.45, 2.75) is 61.0 Å². The molecule has 4 N–H and O–H groups in total. The number of carbonyl (C=O) groups is 2. The summed E-state index contributed by atoms with van der Waals surface area (Å²) in [5, 5.41) is 18.4. The van der Waals surface area contributed by atoms with Gasteiger partial charge in [0.2, 0.25) is 15.9 Å². The Morgan fingerprint density at radius 2 is 1.53 bits per heavy atom. The molecule has 0 bridgehead atoms. The standard InChI is InChI=1S/C33H38F2N4O5S/c34-25-14-9-23(10-15-25)30(24-11-16-26(35)17-12-24)31(38-33(41)42)32(40)37-29-8-4-5-22(29)13-18-27-21-36-19-20-39(27)45(43,44)28-6-2-1-3-7-28/h1-3,6-7,9-12,14-17,22,27,29-31,36,38H,4-5,8,13,18-21H2,(H,37,40)(H,41,42)/t22-,27?,29+,31?/m0/s1. The lowest BCUT2D eigenvalue weighted by molar-refractivity contribution is -0.124. The van der Waals surface area contributed by atoms with E-state index < -0.39 is 45.6 Å². The van der Waals surface area contributed by atoms with Crippen LogP contribution in [0, 0.1) is 17.6 Å². The lowest BCUT2D eigenvalue weighted by atomic mass is 9.84. The summed E-state index contributed by atoms with van der Waals surface area (Å²) in [7, 11) is -3.67. The van der Waals surface area contributed by atoms with Crippen molar-refractivity contribution in [1.29, 1.82) is 0 Å². The molecule has 3 aromatic rings. The van der Waals surface area contributed by atoms with E-state index >= 15 is 0 Å². The van der Waals surface area contributed by atoms with Crippen LogP contribution in [0.2, 0.25) is 0 Å². The van der Waals surface area contributed by atoms with Gasteiger partial charge in [-0.2, -0.15) is 4.31 Å². The second kappa shape index (κ2) is 14.5. The molecule has 4 atom stereocenters. The Kier molecular flexibility index (Phi) is 10.5. The number of carboxylic acid groups (broad SMARTS) is 1. The third-order valence-corrected chi connectivity index (χ3v) is 10.8. The van der Waals surface area contributed by atoms with E-state index in [9.17, 15) is 31.9 Å². The second-order valence-electron chi connectivity index (χ2n) is 11.7. The van der Waals surface area contributed by atoms with Crippen LogP contribution in [0.1, 0.15) is 49.1 Å². The second-order valence-corrected chi connectivity index (χ2v) is 13.6. The fraction of sp³-hybridized carbons (Fsp3) is 0.394. The number of sulfonamides is 1. The largest absolute Gasteiger partial charge is 0.465 e. The van der Waals surface area contributed by atoms with Gasteiger partial charge in [-0.1, -0.05) is 48.9 Å². The smallest absolute Gasteiger partial charge is 0.405 e. The summed E-state index contributed by atoms with van der Waals surface area (Å²) < 4.78 is 56.1. The number of rotatable bonds is 11. The Bertz CT molecular complexity index is 1510. The predicted molar refractivity (Wildman–Crippen MR) is 165 cm³/mol. The van der Waals surface area contributed by atoms with E-state index in [-0.39, 0.29) is 22.9 Å². The summed E-state index contributed by atoms with van der Waals surface area (Å²) in [4.78, 5) is 26.0. The Hall–Kier alpha value is -3.87. The van der Waals surface area contributed by atoms with Gasteiger partial charge in [-0.25, -0.2) is 22.0 Å². The zero-order chi connectivity index (χ0) is 32.0. The highest BCUT2D eigenvalue weighted by molar-refractivity contribution is 7.89. The minimum Gasteiger partial charge on any atom is -0.465 e. The predicted octanol–water partition coefficient (Wildman–Crippen LogP) is 4.46. The third kappa shape index (κ3) is 7.86. The molecule has 2 amide bonds. The summed E-state index contributed by atoms with van der Waals surface area (Å²) in [5.74, 6) is -2.30. The first-order valence-corrected chi connectivity index (χ1v) is 16.7. The fourth-order valence-corrected chi connectivity index (χ4v) is 8.31. The molecule has 0 spiro atoms. The lowest BCUT2D eigenvalue weighted by Crippen LogP contribution is -2.54. The summed E-state index contributed by atoms with van der Waals surface area (Å²) >= 11 is 0. The molecule has 3 aromatic carbocycles. The molecule has 0 aromatic heterocycles. The summed E-state index contributed by atoms with van der Waals surface area (Å²) in [6.45, 7) is 1.45. The minimum atomic E-state index is -3.67. The number of piperazine rings is 1. The molecule has 9 nitrogen and oxygen atoms in total. The first kappa shape index (κ1) is 32.5. The van der Waals surface area contributed by atoms with Gasteiger partial charge in [0.05, 0.1) is 4.90 Å². The molecule has 240 valence electrons. The molecule has 5 rings (SSSR count). The van der Waals surface area contributed by atoms with Gasteiger partial charge < -0.3 is 21.1 Å². The minimum absolute atomic E-state index is 0.0673. The lowest BCUT2D eigenvalue weighted by Gasteiger charge is -2.36. The van der Waals surface area contributed by atoms with Gasteiger partial charge in [0, 0.05) is 37.6 Å². The van der Waals surface area contributed by atoms with Gasteiger partial charge in [-0.05, 0) is 79.1 Å². The van der Waals surface area contributed by atoms with Crippen molar-refractivity contribution >= 4 is 22.0 Å².